The molecule has 1 amide bonds. The molecule has 0 aliphatic rings. The van der Waals surface area contributed by atoms with Crippen molar-refractivity contribution in [2.45, 2.75) is 19.6 Å². The Labute approximate surface area is 168 Å². The van der Waals surface area contributed by atoms with Crippen LogP contribution in [-0.2, 0) is 24.4 Å². The Hall–Kier alpha value is -2.56. The number of nitrogens with one attached hydrogen (secondary N) is 1. The fraction of sp³-hybridized carbons (Fsp3) is 0.143. The fourth-order valence-electron chi connectivity index (χ4n) is 2.45. The molecule has 1 N–H and O–H groups in total. The third-order valence-electron chi connectivity index (χ3n) is 3.89. The molecule has 0 bridgehead atoms. The maximum Gasteiger partial charge on any atom is 0.224 e. The van der Waals surface area contributed by atoms with Crippen molar-refractivity contribution >= 4 is 29.1 Å². The average Bonchev–Trinajstić information content (AvgIpc) is 2.69. The Morgan fingerprint density at radius 1 is 0.963 bits per heavy atom. The third-order valence-corrected chi connectivity index (χ3v) is 4.63. The molecule has 4 nitrogen and oxygen atoms in total. The van der Waals surface area contributed by atoms with Gasteiger partial charge in [-0.2, -0.15) is 0 Å². The highest BCUT2D eigenvalue weighted by atomic mass is 35.5. The number of halogens is 2. The Morgan fingerprint density at radius 3 is 2.44 bits per heavy atom. The summed E-state index contributed by atoms with van der Waals surface area (Å²) in [6, 6.07) is 16.7. The highest BCUT2D eigenvalue weighted by Gasteiger charge is 2.06. The van der Waals surface area contributed by atoms with E-state index >= 15 is 0 Å². The van der Waals surface area contributed by atoms with Gasteiger partial charge in [0.2, 0.25) is 5.91 Å². The molecule has 0 fully saturated rings. The van der Waals surface area contributed by atoms with E-state index in [0.717, 1.165) is 22.4 Å². The zero-order valence-electron chi connectivity index (χ0n) is 14.5. The fourth-order valence-corrected chi connectivity index (χ4v) is 2.77. The van der Waals surface area contributed by atoms with Gasteiger partial charge in [-0.1, -0.05) is 47.5 Å². The number of carbonyl (C=O) groups is 1. The lowest BCUT2D eigenvalue weighted by Crippen LogP contribution is -2.24. The van der Waals surface area contributed by atoms with Crippen LogP contribution in [-0.4, -0.2) is 10.9 Å². The van der Waals surface area contributed by atoms with Crippen molar-refractivity contribution in [3.63, 3.8) is 0 Å². The molecular weight excluding hydrogens is 383 g/mol. The molecule has 0 aliphatic carbocycles. The quantitative estimate of drug-likeness (QED) is 0.617. The zero-order valence-corrected chi connectivity index (χ0v) is 16.0. The molecule has 0 saturated heterocycles. The van der Waals surface area contributed by atoms with Crippen molar-refractivity contribution in [2.75, 3.05) is 0 Å². The number of nitrogens with zero attached hydrogens (tertiary/aromatic N) is 1. The van der Waals surface area contributed by atoms with E-state index < -0.39 is 0 Å². The first-order chi connectivity index (χ1) is 13.1. The first-order valence-electron chi connectivity index (χ1n) is 8.41. The number of ether oxygens (including phenoxy) is 1. The van der Waals surface area contributed by atoms with Crippen LogP contribution in [0.1, 0.15) is 16.7 Å². The van der Waals surface area contributed by atoms with E-state index in [2.05, 4.69) is 10.3 Å². The molecule has 0 atom stereocenters. The van der Waals surface area contributed by atoms with Crippen molar-refractivity contribution in [1.29, 1.82) is 0 Å². The van der Waals surface area contributed by atoms with Crippen LogP contribution < -0.4 is 10.1 Å². The molecule has 3 aromatic rings. The maximum atomic E-state index is 12.1. The van der Waals surface area contributed by atoms with Crippen LogP contribution in [0.5, 0.6) is 5.75 Å². The number of amides is 1. The van der Waals surface area contributed by atoms with Gasteiger partial charge in [-0.05, 0) is 41.5 Å². The number of hydrogen-bond donors (Lipinski definition) is 1. The van der Waals surface area contributed by atoms with Crippen LogP contribution in [0.25, 0.3) is 0 Å². The lowest BCUT2D eigenvalue weighted by atomic mass is 10.1. The SMILES string of the molecule is O=C(Cc1ccc(Cl)c(Cl)c1)NCc1ccc(OCc2cccnc2)cc1. The summed E-state index contributed by atoms with van der Waals surface area (Å²) in [7, 11) is 0. The molecule has 0 spiro atoms. The van der Waals surface area contributed by atoms with Gasteiger partial charge in [-0.3, -0.25) is 9.78 Å². The molecule has 6 heteroatoms. The highest BCUT2D eigenvalue weighted by molar-refractivity contribution is 6.42. The van der Waals surface area contributed by atoms with Gasteiger partial charge in [0.25, 0.3) is 0 Å². The first-order valence-corrected chi connectivity index (χ1v) is 9.17. The van der Waals surface area contributed by atoms with Gasteiger partial charge in [0.15, 0.2) is 0 Å². The number of carbonyl (C=O) groups excluding carboxylic acids is 1. The molecule has 1 heterocycles. The van der Waals surface area contributed by atoms with Crippen molar-refractivity contribution in [2.24, 2.45) is 0 Å². The van der Waals surface area contributed by atoms with Crippen molar-refractivity contribution in [1.82, 2.24) is 10.3 Å². The molecule has 0 aliphatic heterocycles. The standard InChI is InChI=1S/C21H18Cl2N2O2/c22-19-8-5-16(10-20(19)23)11-21(26)25-13-15-3-6-18(7-4-15)27-14-17-2-1-9-24-12-17/h1-10,12H,11,13-14H2,(H,25,26). The molecule has 0 saturated carbocycles. The van der Waals surface area contributed by atoms with Gasteiger partial charge in [0.1, 0.15) is 12.4 Å². The molecule has 1 aromatic heterocycles. The van der Waals surface area contributed by atoms with E-state index in [1.165, 1.54) is 0 Å². The van der Waals surface area contributed by atoms with Crippen LogP contribution in [0.3, 0.4) is 0 Å². The Morgan fingerprint density at radius 2 is 1.74 bits per heavy atom. The van der Waals surface area contributed by atoms with E-state index in [0.29, 0.717) is 23.2 Å². The minimum absolute atomic E-state index is 0.0784. The second kappa shape index (κ2) is 9.40. The van der Waals surface area contributed by atoms with Gasteiger partial charge in [-0.15, -0.1) is 0 Å². The predicted molar refractivity (Wildman–Crippen MR) is 107 cm³/mol. The number of aromatic nitrogens is 1. The van der Waals surface area contributed by atoms with Crippen molar-refractivity contribution < 1.29 is 9.53 Å². The highest BCUT2D eigenvalue weighted by Crippen LogP contribution is 2.22. The summed E-state index contributed by atoms with van der Waals surface area (Å²) in [5, 5.41) is 3.82. The normalized spacial score (nSPS) is 10.4. The molecule has 27 heavy (non-hydrogen) atoms. The van der Waals surface area contributed by atoms with E-state index in [1.54, 1.807) is 30.6 Å². The van der Waals surface area contributed by atoms with Gasteiger partial charge in [-0.25, -0.2) is 0 Å². The molecule has 138 valence electrons. The number of pyridine rings is 1. The van der Waals surface area contributed by atoms with Crippen LogP contribution in [0.2, 0.25) is 10.0 Å². The summed E-state index contributed by atoms with van der Waals surface area (Å²) in [5.74, 6) is 0.690. The van der Waals surface area contributed by atoms with Gasteiger partial charge < -0.3 is 10.1 Å². The maximum absolute atomic E-state index is 12.1. The third kappa shape index (κ3) is 5.98. The van der Waals surface area contributed by atoms with Crippen LogP contribution in [0.4, 0.5) is 0 Å². The van der Waals surface area contributed by atoms with E-state index in [-0.39, 0.29) is 12.3 Å². The average molecular weight is 401 g/mol. The predicted octanol–water partition coefficient (Wildman–Crippen LogP) is 4.83. The summed E-state index contributed by atoms with van der Waals surface area (Å²) >= 11 is 11.9. The number of rotatable bonds is 7. The number of benzene rings is 2. The summed E-state index contributed by atoms with van der Waals surface area (Å²) in [4.78, 5) is 16.1. The van der Waals surface area contributed by atoms with Gasteiger partial charge in [0.05, 0.1) is 16.5 Å². The van der Waals surface area contributed by atoms with Crippen LogP contribution in [0.15, 0.2) is 67.0 Å². The molecule has 3 rings (SSSR count). The lowest BCUT2D eigenvalue weighted by Gasteiger charge is -2.09. The van der Waals surface area contributed by atoms with Crippen LogP contribution in [0, 0.1) is 0 Å². The Bertz CT molecular complexity index is 900. The van der Waals surface area contributed by atoms with Gasteiger partial charge in [0, 0.05) is 24.5 Å². The zero-order chi connectivity index (χ0) is 19.1. The van der Waals surface area contributed by atoms with E-state index in [4.69, 9.17) is 27.9 Å². The molecular formula is C21H18Cl2N2O2. The van der Waals surface area contributed by atoms with E-state index in [1.807, 2.05) is 36.4 Å². The monoisotopic (exact) mass is 400 g/mol. The summed E-state index contributed by atoms with van der Waals surface area (Å²) in [6.07, 6.45) is 3.76. The molecule has 0 unspecified atom stereocenters. The second-order valence-electron chi connectivity index (χ2n) is 6.00. The Balaban J connectivity index is 1.46. The first kappa shape index (κ1) is 19.2. The summed E-state index contributed by atoms with van der Waals surface area (Å²) < 4.78 is 5.72. The molecule has 2 aromatic carbocycles. The minimum atomic E-state index is -0.0784. The minimum Gasteiger partial charge on any atom is -0.489 e. The largest absolute Gasteiger partial charge is 0.489 e. The lowest BCUT2D eigenvalue weighted by molar-refractivity contribution is -0.120. The van der Waals surface area contributed by atoms with Crippen molar-refractivity contribution in [3.05, 3.63) is 93.7 Å². The van der Waals surface area contributed by atoms with E-state index in [9.17, 15) is 4.79 Å². The van der Waals surface area contributed by atoms with Gasteiger partial charge >= 0.3 is 0 Å². The van der Waals surface area contributed by atoms with Crippen LogP contribution >= 0.6 is 23.2 Å². The van der Waals surface area contributed by atoms with Crippen molar-refractivity contribution in [3.8, 4) is 5.75 Å². The summed E-state index contributed by atoms with van der Waals surface area (Å²) in [5.41, 5.74) is 2.82. The molecule has 0 radical (unpaired) electrons. The second-order valence-corrected chi connectivity index (χ2v) is 6.81. The summed E-state index contributed by atoms with van der Waals surface area (Å²) in [6.45, 7) is 0.913. The Kier molecular flexibility index (Phi) is 6.69. The number of hydrogen-bond acceptors (Lipinski definition) is 3. The topological polar surface area (TPSA) is 51.2 Å². The smallest absolute Gasteiger partial charge is 0.224 e.